The summed E-state index contributed by atoms with van der Waals surface area (Å²) in [6.07, 6.45) is 3.61. The second kappa shape index (κ2) is 7.46. The van der Waals surface area contributed by atoms with Crippen molar-refractivity contribution in [2.24, 2.45) is 7.05 Å². The van der Waals surface area contributed by atoms with Gasteiger partial charge >= 0.3 is 0 Å². The Balaban J connectivity index is 1.59. The molecule has 0 spiro atoms. The molecular weight excluding hydrogens is 378 g/mol. The number of anilines is 1. The lowest BCUT2D eigenvalue weighted by Gasteiger charge is -2.28. The predicted molar refractivity (Wildman–Crippen MR) is 106 cm³/mol. The first-order chi connectivity index (χ1) is 13.4. The molecule has 2 aliphatic heterocycles. The fourth-order valence-electron chi connectivity index (χ4n) is 4.24. The largest absolute Gasteiger partial charge is 0.379 e. The van der Waals surface area contributed by atoms with E-state index in [1.807, 2.05) is 24.7 Å². The van der Waals surface area contributed by atoms with Crippen molar-refractivity contribution in [3.05, 3.63) is 35.3 Å². The maximum Gasteiger partial charge on any atom is 0.244 e. The quantitative estimate of drug-likeness (QED) is 0.772. The lowest BCUT2D eigenvalue weighted by Crippen LogP contribution is -2.40. The summed E-state index contributed by atoms with van der Waals surface area (Å²) in [6, 6.07) is 3.72. The van der Waals surface area contributed by atoms with Gasteiger partial charge in [-0.25, -0.2) is 13.4 Å². The van der Waals surface area contributed by atoms with Crippen LogP contribution in [0.5, 0.6) is 0 Å². The molecule has 1 atom stereocenters. The molecule has 9 heteroatoms. The number of pyridine rings is 1. The highest BCUT2D eigenvalue weighted by Crippen LogP contribution is 2.38. The molecule has 1 unspecified atom stereocenters. The summed E-state index contributed by atoms with van der Waals surface area (Å²) in [4.78, 5) is 7.03. The highest BCUT2D eigenvalue weighted by atomic mass is 32.2. The highest BCUT2D eigenvalue weighted by Gasteiger charge is 2.32. The van der Waals surface area contributed by atoms with E-state index in [9.17, 15) is 8.42 Å². The third-order valence-electron chi connectivity index (χ3n) is 5.77. The Morgan fingerprint density at radius 2 is 1.89 bits per heavy atom. The smallest absolute Gasteiger partial charge is 0.244 e. The van der Waals surface area contributed by atoms with E-state index in [0.717, 1.165) is 30.9 Å². The van der Waals surface area contributed by atoms with E-state index in [0.29, 0.717) is 26.3 Å². The van der Waals surface area contributed by atoms with Crippen LogP contribution in [0, 0.1) is 13.8 Å². The van der Waals surface area contributed by atoms with Crippen LogP contribution in [0.3, 0.4) is 0 Å². The standard InChI is InChI=1S/C19H27N5O3S/c1-14-19(15(2)22(3)21-14)17-5-4-8-24(17)18-7-6-16(13-20-18)28(25,26)23-9-11-27-12-10-23/h6-7,13,17H,4-5,8-12H2,1-3H3. The van der Waals surface area contributed by atoms with Crippen LogP contribution >= 0.6 is 0 Å². The third-order valence-corrected chi connectivity index (χ3v) is 7.66. The van der Waals surface area contributed by atoms with Crippen molar-refractivity contribution < 1.29 is 13.2 Å². The SMILES string of the molecule is Cc1nn(C)c(C)c1C1CCCN1c1ccc(S(=O)(=O)N2CCOCC2)cn1. The molecule has 0 bridgehead atoms. The van der Waals surface area contributed by atoms with Crippen molar-refractivity contribution in [3.8, 4) is 0 Å². The molecule has 152 valence electrons. The lowest BCUT2D eigenvalue weighted by molar-refractivity contribution is 0.0730. The van der Waals surface area contributed by atoms with Gasteiger partial charge in [-0.3, -0.25) is 4.68 Å². The molecule has 2 aromatic heterocycles. The van der Waals surface area contributed by atoms with Crippen molar-refractivity contribution >= 4 is 15.8 Å². The van der Waals surface area contributed by atoms with Gasteiger partial charge in [0.2, 0.25) is 10.0 Å². The molecule has 0 saturated carbocycles. The number of nitrogens with zero attached hydrogens (tertiary/aromatic N) is 5. The normalized spacial score (nSPS) is 21.4. The summed E-state index contributed by atoms with van der Waals surface area (Å²) in [5.74, 6) is 0.811. The molecule has 4 heterocycles. The van der Waals surface area contributed by atoms with Crippen molar-refractivity contribution in [2.75, 3.05) is 37.7 Å². The molecule has 8 nitrogen and oxygen atoms in total. The maximum absolute atomic E-state index is 12.8. The van der Waals surface area contributed by atoms with Crippen molar-refractivity contribution in [3.63, 3.8) is 0 Å². The molecule has 0 amide bonds. The molecule has 4 rings (SSSR count). The Morgan fingerprint density at radius 3 is 2.50 bits per heavy atom. The average Bonchev–Trinajstić information content (AvgIpc) is 3.27. The predicted octanol–water partition coefficient (Wildman–Crippen LogP) is 1.79. The third kappa shape index (κ3) is 3.31. The minimum atomic E-state index is -3.52. The second-order valence-corrected chi connectivity index (χ2v) is 9.37. The van der Waals surface area contributed by atoms with Gasteiger partial charge in [-0.15, -0.1) is 0 Å². The van der Waals surface area contributed by atoms with Gasteiger partial charge in [0, 0.05) is 44.1 Å². The maximum atomic E-state index is 12.8. The Bertz CT molecular complexity index is 949. The summed E-state index contributed by atoms with van der Waals surface area (Å²) < 4.78 is 34.3. The van der Waals surface area contributed by atoms with Crippen molar-refractivity contribution in [1.82, 2.24) is 19.1 Å². The molecule has 0 aliphatic carbocycles. The zero-order valence-corrected chi connectivity index (χ0v) is 17.4. The first-order valence-corrected chi connectivity index (χ1v) is 11.1. The molecule has 2 aliphatic rings. The first-order valence-electron chi connectivity index (χ1n) is 9.70. The Hall–Kier alpha value is -1.97. The summed E-state index contributed by atoms with van der Waals surface area (Å²) in [6.45, 7) is 6.69. The van der Waals surface area contributed by atoms with Crippen LogP contribution < -0.4 is 4.90 Å². The van der Waals surface area contributed by atoms with Crippen LogP contribution in [0.2, 0.25) is 0 Å². The molecule has 0 radical (unpaired) electrons. The van der Waals surface area contributed by atoms with Gasteiger partial charge in [0.05, 0.1) is 24.9 Å². The van der Waals surface area contributed by atoms with E-state index >= 15 is 0 Å². The number of aryl methyl sites for hydroxylation is 2. The van der Waals surface area contributed by atoms with Gasteiger partial charge < -0.3 is 9.64 Å². The number of aromatic nitrogens is 3. The van der Waals surface area contributed by atoms with Gasteiger partial charge in [-0.1, -0.05) is 0 Å². The van der Waals surface area contributed by atoms with Crippen molar-refractivity contribution in [1.29, 1.82) is 0 Å². The summed E-state index contributed by atoms with van der Waals surface area (Å²) in [5.41, 5.74) is 3.47. The van der Waals surface area contributed by atoms with Gasteiger partial charge in [0.1, 0.15) is 10.7 Å². The monoisotopic (exact) mass is 405 g/mol. The summed E-state index contributed by atoms with van der Waals surface area (Å²) in [7, 11) is -1.55. The average molecular weight is 406 g/mol. The van der Waals surface area contributed by atoms with E-state index in [-0.39, 0.29) is 10.9 Å². The first kappa shape index (κ1) is 19.4. The van der Waals surface area contributed by atoms with Crippen LogP contribution in [0.4, 0.5) is 5.82 Å². The van der Waals surface area contributed by atoms with E-state index in [1.54, 1.807) is 6.07 Å². The Labute approximate surface area is 166 Å². The molecular formula is C19H27N5O3S. The fourth-order valence-corrected chi connectivity index (χ4v) is 5.60. The van der Waals surface area contributed by atoms with Crippen LogP contribution in [-0.4, -0.2) is 60.3 Å². The van der Waals surface area contributed by atoms with E-state index in [2.05, 4.69) is 21.9 Å². The number of hydrogen-bond donors (Lipinski definition) is 0. The van der Waals surface area contributed by atoms with Crippen LogP contribution in [0.25, 0.3) is 0 Å². The Morgan fingerprint density at radius 1 is 1.14 bits per heavy atom. The number of rotatable bonds is 4. The lowest BCUT2D eigenvalue weighted by atomic mass is 10.0. The Kier molecular flexibility index (Phi) is 5.15. The number of hydrogen-bond acceptors (Lipinski definition) is 6. The molecule has 2 saturated heterocycles. The van der Waals surface area contributed by atoms with E-state index in [1.165, 1.54) is 21.8 Å². The fraction of sp³-hybridized carbons (Fsp3) is 0.579. The molecule has 28 heavy (non-hydrogen) atoms. The summed E-state index contributed by atoms with van der Waals surface area (Å²) in [5, 5.41) is 4.56. The topological polar surface area (TPSA) is 80.6 Å². The minimum Gasteiger partial charge on any atom is -0.379 e. The molecule has 0 N–H and O–H groups in total. The molecule has 0 aromatic carbocycles. The zero-order chi connectivity index (χ0) is 19.9. The van der Waals surface area contributed by atoms with Gasteiger partial charge in [-0.2, -0.15) is 9.40 Å². The van der Waals surface area contributed by atoms with Crippen molar-refractivity contribution in [2.45, 2.75) is 37.6 Å². The van der Waals surface area contributed by atoms with E-state index in [4.69, 9.17) is 4.74 Å². The van der Waals surface area contributed by atoms with Gasteiger partial charge in [0.25, 0.3) is 0 Å². The van der Waals surface area contributed by atoms with Crippen LogP contribution in [0.15, 0.2) is 23.2 Å². The zero-order valence-electron chi connectivity index (χ0n) is 16.6. The summed E-state index contributed by atoms with van der Waals surface area (Å²) >= 11 is 0. The van der Waals surface area contributed by atoms with Crippen LogP contribution in [-0.2, 0) is 21.8 Å². The minimum absolute atomic E-state index is 0.225. The molecule has 2 aromatic rings. The number of morpholine rings is 1. The molecule has 2 fully saturated rings. The number of sulfonamides is 1. The van der Waals surface area contributed by atoms with Crippen LogP contribution in [0.1, 0.15) is 35.8 Å². The van der Waals surface area contributed by atoms with Gasteiger partial charge in [0.15, 0.2) is 0 Å². The van der Waals surface area contributed by atoms with Gasteiger partial charge in [-0.05, 0) is 38.8 Å². The highest BCUT2D eigenvalue weighted by molar-refractivity contribution is 7.89. The number of ether oxygens (including phenoxy) is 1. The second-order valence-electron chi connectivity index (χ2n) is 7.43. The van der Waals surface area contributed by atoms with E-state index < -0.39 is 10.0 Å².